The molecule has 2 N–H and O–H groups in total. The summed E-state index contributed by atoms with van der Waals surface area (Å²) in [4.78, 5) is 8.84. The van der Waals surface area contributed by atoms with Gasteiger partial charge >= 0.3 is 0 Å². The van der Waals surface area contributed by atoms with E-state index >= 15 is 0 Å². The Morgan fingerprint density at radius 2 is 1.57 bits per heavy atom. The lowest BCUT2D eigenvalue weighted by Gasteiger charge is -2.22. The van der Waals surface area contributed by atoms with Crippen LogP contribution >= 0.6 is 0 Å². The zero-order valence-electron chi connectivity index (χ0n) is 17.0. The van der Waals surface area contributed by atoms with Gasteiger partial charge < -0.3 is 10.6 Å². The Morgan fingerprint density at radius 1 is 0.929 bits per heavy atom. The molecule has 0 unspecified atom stereocenters. The lowest BCUT2D eigenvalue weighted by molar-refractivity contribution is 0.589. The molecule has 3 rings (SSSR count). The van der Waals surface area contributed by atoms with Gasteiger partial charge in [-0.1, -0.05) is 32.9 Å². The first kappa shape index (κ1) is 19.4. The Bertz CT molecular complexity index is 1000. The minimum Gasteiger partial charge on any atom is -0.340 e. The SMILES string of the molecule is Cc1cc(C(C)(C)C)cc(C)c1Nc1ccnc(Nc2ccc(C#N)cc2)n1. The van der Waals surface area contributed by atoms with Crippen molar-refractivity contribution in [2.75, 3.05) is 10.6 Å². The first-order chi connectivity index (χ1) is 13.3. The van der Waals surface area contributed by atoms with Crippen molar-refractivity contribution in [1.82, 2.24) is 9.97 Å². The summed E-state index contributed by atoms with van der Waals surface area (Å²) in [6, 6.07) is 15.6. The lowest BCUT2D eigenvalue weighted by atomic mass is 9.85. The predicted octanol–water partition coefficient (Wildman–Crippen LogP) is 5.75. The van der Waals surface area contributed by atoms with Crippen molar-refractivity contribution >= 4 is 23.1 Å². The summed E-state index contributed by atoms with van der Waals surface area (Å²) in [5.74, 6) is 1.22. The van der Waals surface area contributed by atoms with E-state index < -0.39 is 0 Å². The van der Waals surface area contributed by atoms with Crippen molar-refractivity contribution in [2.45, 2.75) is 40.0 Å². The first-order valence-electron chi connectivity index (χ1n) is 9.25. The average Bonchev–Trinajstić information content (AvgIpc) is 2.65. The zero-order valence-corrected chi connectivity index (χ0v) is 17.0. The third-order valence-corrected chi connectivity index (χ3v) is 4.58. The summed E-state index contributed by atoms with van der Waals surface area (Å²) in [7, 11) is 0. The van der Waals surface area contributed by atoms with Crippen molar-refractivity contribution in [1.29, 1.82) is 5.26 Å². The van der Waals surface area contributed by atoms with Crippen molar-refractivity contribution in [3.63, 3.8) is 0 Å². The number of aromatic nitrogens is 2. The van der Waals surface area contributed by atoms with E-state index in [9.17, 15) is 0 Å². The molecule has 0 radical (unpaired) electrons. The summed E-state index contributed by atoms with van der Waals surface area (Å²) in [6.45, 7) is 10.9. The van der Waals surface area contributed by atoms with Gasteiger partial charge in [0.15, 0.2) is 0 Å². The van der Waals surface area contributed by atoms with Gasteiger partial charge in [0.1, 0.15) is 5.82 Å². The Kier molecular flexibility index (Phi) is 5.32. The minimum atomic E-state index is 0.112. The molecule has 0 bridgehead atoms. The van der Waals surface area contributed by atoms with E-state index in [1.807, 2.05) is 18.2 Å². The minimum absolute atomic E-state index is 0.112. The van der Waals surface area contributed by atoms with Gasteiger partial charge in [-0.25, -0.2) is 4.98 Å². The van der Waals surface area contributed by atoms with Crippen LogP contribution in [0.15, 0.2) is 48.7 Å². The monoisotopic (exact) mass is 371 g/mol. The second-order valence-electron chi connectivity index (χ2n) is 7.94. The molecular formula is C23H25N5. The highest BCUT2D eigenvalue weighted by atomic mass is 15.1. The largest absolute Gasteiger partial charge is 0.340 e. The molecule has 0 aliphatic rings. The van der Waals surface area contributed by atoms with Crippen LogP contribution in [0.3, 0.4) is 0 Å². The molecule has 0 fully saturated rings. The van der Waals surface area contributed by atoms with E-state index in [0.29, 0.717) is 11.5 Å². The van der Waals surface area contributed by atoms with Crippen LogP contribution < -0.4 is 10.6 Å². The van der Waals surface area contributed by atoms with Gasteiger partial charge in [0.25, 0.3) is 0 Å². The maximum Gasteiger partial charge on any atom is 0.229 e. The fraction of sp³-hybridized carbons (Fsp3) is 0.261. The standard InChI is InChI=1S/C23H25N5/c1-15-12-18(23(3,4)5)13-16(2)21(15)27-20-10-11-25-22(28-20)26-19-8-6-17(14-24)7-9-19/h6-13H,1-5H3,(H2,25,26,27,28). The van der Waals surface area contributed by atoms with Gasteiger partial charge in [0.2, 0.25) is 5.95 Å². The van der Waals surface area contributed by atoms with Crippen LogP contribution in [-0.2, 0) is 5.41 Å². The third kappa shape index (κ3) is 4.47. The van der Waals surface area contributed by atoms with Crippen LogP contribution in [0.2, 0.25) is 0 Å². The predicted molar refractivity (Wildman–Crippen MR) is 114 cm³/mol. The van der Waals surface area contributed by atoms with E-state index in [1.165, 1.54) is 16.7 Å². The second-order valence-corrected chi connectivity index (χ2v) is 7.94. The van der Waals surface area contributed by atoms with E-state index in [1.54, 1.807) is 18.3 Å². The fourth-order valence-corrected chi connectivity index (χ4v) is 2.97. The van der Waals surface area contributed by atoms with Gasteiger partial charge in [-0.15, -0.1) is 0 Å². The molecule has 28 heavy (non-hydrogen) atoms. The quantitative estimate of drug-likeness (QED) is 0.611. The molecule has 0 spiro atoms. The van der Waals surface area contributed by atoms with Gasteiger partial charge in [-0.05, 0) is 66.3 Å². The molecule has 1 aromatic heterocycles. The van der Waals surface area contributed by atoms with Crippen molar-refractivity contribution < 1.29 is 0 Å². The van der Waals surface area contributed by atoms with Crippen LogP contribution in [0.4, 0.5) is 23.1 Å². The number of hydrogen-bond donors (Lipinski definition) is 2. The van der Waals surface area contributed by atoms with Gasteiger partial charge in [-0.3, -0.25) is 0 Å². The highest BCUT2D eigenvalue weighted by Crippen LogP contribution is 2.31. The number of hydrogen-bond acceptors (Lipinski definition) is 5. The second kappa shape index (κ2) is 7.69. The number of nitrogens with zero attached hydrogens (tertiary/aromatic N) is 3. The fourth-order valence-electron chi connectivity index (χ4n) is 2.97. The maximum atomic E-state index is 8.90. The van der Waals surface area contributed by atoms with Crippen molar-refractivity contribution in [2.24, 2.45) is 0 Å². The normalized spacial score (nSPS) is 11.0. The van der Waals surface area contributed by atoms with Crippen LogP contribution in [0.1, 0.15) is 43.0 Å². The summed E-state index contributed by atoms with van der Waals surface area (Å²) >= 11 is 0. The molecule has 0 saturated heterocycles. The molecule has 2 aromatic carbocycles. The molecule has 0 amide bonds. The van der Waals surface area contributed by atoms with Gasteiger partial charge in [-0.2, -0.15) is 10.2 Å². The van der Waals surface area contributed by atoms with E-state index in [-0.39, 0.29) is 5.41 Å². The molecule has 0 saturated carbocycles. The zero-order chi connectivity index (χ0) is 20.3. The van der Waals surface area contributed by atoms with Gasteiger partial charge in [0.05, 0.1) is 11.6 Å². The molecule has 0 aliphatic carbocycles. The molecule has 142 valence electrons. The number of anilines is 4. The summed E-state index contributed by atoms with van der Waals surface area (Å²) in [6.07, 6.45) is 1.72. The van der Waals surface area contributed by atoms with E-state index in [4.69, 9.17) is 5.26 Å². The number of nitriles is 1. The summed E-state index contributed by atoms with van der Waals surface area (Å²) < 4.78 is 0. The van der Waals surface area contributed by atoms with Crippen molar-refractivity contribution in [3.8, 4) is 6.07 Å². The summed E-state index contributed by atoms with van der Waals surface area (Å²) in [5, 5.41) is 15.5. The Labute approximate surface area is 166 Å². The topological polar surface area (TPSA) is 73.6 Å². The average molecular weight is 371 g/mol. The van der Waals surface area contributed by atoms with E-state index in [2.05, 4.69) is 73.4 Å². The highest BCUT2D eigenvalue weighted by Gasteiger charge is 2.16. The maximum absolute atomic E-state index is 8.90. The molecule has 5 nitrogen and oxygen atoms in total. The highest BCUT2D eigenvalue weighted by molar-refractivity contribution is 5.66. The number of aryl methyl sites for hydroxylation is 2. The summed E-state index contributed by atoms with van der Waals surface area (Å²) in [5.41, 5.74) is 6.32. The van der Waals surface area contributed by atoms with Crippen molar-refractivity contribution in [3.05, 3.63) is 70.9 Å². The van der Waals surface area contributed by atoms with Gasteiger partial charge in [0, 0.05) is 17.6 Å². The Balaban J connectivity index is 1.82. The molecule has 0 aliphatic heterocycles. The Morgan fingerprint density at radius 3 is 2.14 bits per heavy atom. The molecule has 3 aromatic rings. The van der Waals surface area contributed by atoms with Crippen LogP contribution in [0.5, 0.6) is 0 Å². The number of nitrogens with one attached hydrogen (secondary N) is 2. The third-order valence-electron chi connectivity index (χ3n) is 4.58. The molecular weight excluding hydrogens is 346 g/mol. The van der Waals surface area contributed by atoms with E-state index in [0.717, 1.165) is 17.2 Å². The lowest BCUT2D eigenvalue weighted by Crippen LogP contribution is -2.12. The van der Waals surface area contributed by atoms with Crippen LogP contribution in [0.25, 0.3) is 0 Å². The first-order valence-corrected chi connectivity index (χ1v) is 9.25. The van der Waals surface area contributed by atoms with Crippen LogP contribution in [0, 0.1) is 25.2 Å². The molecule has 5 heteroatoms. The number of benzene rings is 2. The van der Waals surface area contributed by atoms with Crippen LogP contribution in [-0.4, -0.2) is 9.97 Å². The Hall–Kier alpha value is -3.39. The molecule has 1 heterocycles. The smallest absolute Gasteiger partial charge is 0.229 e. The number of rotatable bonds is 4. The molecule has 0 atom stereocenters.